The molecule has 0 aliphatic carbocycles. The topological polar surface area (TPSA) is 91.8 Å². The molecule has 0 saturated carbocycles. The lowest BCUT2D eigenvalue weighted by Gasteiger charge is -2.20. The molecule has 3 N–H and O–H groups in total. The Hall–Kier alpha value is -3.35. The van der Waals surface area contributed by atoms with Gasteiger partial charge in [0.15, 0.2) is 0 Å². The molecule has 0 saturated heterocycles. The monoisotopic (exact) mass is 363 g/mol. The highest BCUT2D eigenvalue weighted by Crippen LogP contribution is 2.26. The minimum absolute atomic E-state index is 0.290. The molecule has 0 fully saturated rings. The zero-order chi connectivity index (χ0) is 19.0. The second kappa shape index (κ2) is 6.75. The van der Waals surface area contributed by atoms with E-state index in [2.05, 4.69) is 20.7 Å². The molecule has 1 aromatic carbocycles. The van der Waals surface area contributed by atoms with Gasteiger partial charge in [0.1, 0.15) is 5.82 Å². The molecule has 2 aromatic heterocycles. The number of rotatable bonds is 3. The lowest BCUT2D eigenvalue weighted by atomic mass is 10.0. The van der Waals surface area contributed by atoms with Crippen LogP contribution in [0.5, 0.6) is 0 Å². The van der Waals surface area contributed by atoms with Crippen LogP contribution in [0.4, 0.5) is 11.5 Å². The first kappa shape index (κ1) is 17.1. The van der Waals surface area contributed by atoms with E-state index in [0.717, 1.165) is 42.0 Å². The number of pyridine rings is 1. The highest BCUT2D eigenvalue weighted by atomic mass is 16.2. The molecule has 1 aliphatic heterocycles. The zero-order valence-electron chi connectivity index (χ0n) is 15.3. The van der Waals surface area contributed by atoms with Crippen LogP contribution >= 0.6 is 0 Å². The lowest BCUT2D eigenvalue weighted by Crippen LogP contribution is -2.25. The van der Waals surface area contributed by atoms with Crippen molar-refractivity contribution in [2.75, 3.05) is 17.2 Å². The minimum atomic E-state index is -0.292. The molecule has 27 heavy (non-hydrogen) atoms. The molecule has 1 amide bonds. The number of benzene rings is 1. The number of carbonyl (C=O) groups is 1. The van der Waals surface area contributed by atoms with Crippen LogP contribution in [0.15, 0.2) is 41.2 Å². The fourth-order valence-corrected chi connectivity index (χ4v) is 3.50. The van der Waals surface area contributed by atoms with Crippen molar-refractivity contribution in [2.45, 2.75) is 26.7 Å². The Balaban J connectivity index is 1.70. The second-order valence-electron chi connectivity index (χ2n) is 6.68. The number of amides is 1. The van der Waals surface area contributed by atoms with E-state index >= 15 is 0 Å². The third-order valence-electron chi connectivity index (χ3n) is 4.83. The molecule has 4 rings (SSSR count). The predicted molar refractivity (Wildman–Crippen MR) is 105 cm³/mol. The number of aryl methyl sites for hydroxylation is 1. The van der Waals surface area contributed by atoms with Gasteiger partial charge in [0.05, 0.1) is 28.3 Å². The van der Waals surface area contributed by atoms with Crippen LogP contribution in [-0.4, -0.2) is 27.2 Å². The number of aromatic amines is 1. The Morgan fingerprint density at radius 2 is 2.00 bits per heavy atom. The van der Waals surface area contributed by atoms with Gasteiger partial charge in [-0.05, 0) is 38.8 Å². The summed E-state index contributed by atoms with van der Waals surface area (Å²) in [5, 5.41) is 10.7. The van der Waals surface area contributed by atoms with Gasteiger partial charge >= 0.3 is 0 Å². The van der Waals surface area contributed by atoms with Crippen LogP contribution in [0.2, 0.25) is 0 Å². The molecule has 0 unspecified atom stereocenters. The molecular weight excluding hydrogens is 342 g/mol. The van der Waals surface area contributed by atoms with Crippen LogP contribution in [0, 0.1) is 13.8 Å². The maximum Gasteiger partial charge on any atom is 0.256 e. The molecule has 138 valence electrons. The van der Waals surface area contributed by atoms with Gasteiger partial charge in [0, 0.05) is 18.2 Å². The number of nitrogens with one attached hydrogen (secondary N) is 3. The average Bonchev–Trinajstić information content (AvgIpc) is 2.96. The molecule has 0 radical (unpaired) electrons. The number of H-pyrrole nitrogens is 1. The summed E-state index contributed by atoms with van der Waals surface area (Å²) in [6.45, 7) is 4.56. The molecule has 0 atom stereocenters. The fourth-order valence-electron chi connectivity index (χ4n) is 3.50. The number of para-hydroxylation sites is 1. The van der Waals surface area contributed by atoms with Crippen molar-refractivity contribution in [1.82, 2.24) is 14.8 Å². The Bertz CT molecular complexity index is 1070. The smallest absolute Gasteiger partial charge is 0.256 e. The van der Waals surface area contributed by atoms with Gasteiger partial charge in [0.2, 0.25) is 5.56 Å². The van der Waals surface area contributed by atoms with Crippen LogP contribution in [-0.2, 0) is 6.42 Å². The number of aromatic nitrogens is 3. The van der Waals surface area contributed by atoms with E-state index in [-0.39, 0.29) is 11.5 Å². The van der Waals surface area contributed by atoms with E-state index in [4.69, 9.17) is 0 Å². The van der Waals surface area contributed by atoms with Crippen LogP contribution in [0.1, 0.15) is 33.7 Å². The largest absolute Gasteiger partial charge is 0.371 e. The van der Waals surface area contributed by atoms with Crippen molar-refractivity contribution in [3.63, 3.8) is 0 Å². The molecule has 0 bridgehead atoms. The first-order valence-corrected chi connectivity index (χ1v) is 8.97. The molecule has 0 spiro atoms. The Kier molecular flexibility index (Phi) is 4.27. The lowest BCUT2D eigenvalue weighted by molar-refractivity contribution is 0.102. The normalized spacial score (nSPS) is 13.0. The summed E-state index contributed by atoms with van der Waals surface area (Å²) in [4.78, 5) is 27.7. The first-order chi connectivity index (χ1) is 13.0. The molecule has 1 aliphatic rings. The summed E-state index contributed by atoms with van der Waals surface area (Å²) in [5.74, 6) is 0.354. The summed E-state index contributed by atoms with van der Waals surface area (Å²) in [6.07, 6.45) is 1.67. The maximum atomic E-state index is 13.0. The van der Waals surface area contributed by atoms with Crippen molar-refractivity contribution in [3.05, 3.63) is 69.3 Å². The number of anilines is 2. The average molecular weight is 363 g/mol. The van der Waals surface area contributed by atoms with E-state index in [0.29, 0.717) is 17.1 Å². The van der Waals surface area contributed by atoms with Crippen molar-refractivity contribution in [3.8, 4) is 5.69 Å². The van der Waals surface area contributed by atoms with Crippen LogP contribution in [0.3, 0.4) is 0 Å². The highest BCUT2D eigenvalue weighted by molar-refractivity contribution is 6.06. The quantitative estimate of drug-likeness (QED) is 0.667. The van der Waals surface area contributed by atoms with Gasteiger partial charge in [-0.1, -0.05) is 18.2 Å². The second-order valence-corrected chi connectivity index (χ2v) is 6.68. The summed E-state index contributed by atoms with van der Waals surface area (Å²) in [7, 11) is 0. The van der Waals surface area contributed by atoms with E-state index in [9.17, 15) is 9.59 Å². The van der Waals surface area contributed by atoms with Gasteiger partial charge in [0.25, 0.3) is 5.91 Å². The number of nitrogens with zero attached hydrogens (tertiary/aromatic N) is 2. The summed E-state index contributed by atoms with van der Waals surface area (Å²) in [6, 6.07) is 11.1. The van der Waals surface area contributed by atoms with Crippen molar-refractivity contribution >= 4 is 17.4 Å². The Labute approximate surface area is 156 Å². The summed E-state index contributed by atoms with van der Waals surface area (Å²) >= 11 is 0. The Morgan fingerprint density at radius 3 is 2.78 bits per heavy atom. The van der Waals surface area contributed by atoms with Crippen LogP contribution < -0.4 is 16.2 Å². The van der Waals surface area contributed by atoms with E-state index in [1.165, 1.54) is 6.07 Å². The van der Waals surface area contributed by atoms with E-state index in [1.54, 1.807) is 4.68 Å². The summed E-state index contributed by atoms with van der Waals surface area (Å²) < 4.78 is 1.81. The fraction of sp³-hybridized carbons (Fsp3) is 0.250. The molecule has 3 heterocycles. The van der Waals surface area contributed by atoms with Crippen molar-refractivity contribution in [2.24, 2.45) is 0 Å². The van der Waals surface area contributed by atoms with Crippen molar-refractivity contribution in [1.29, 1.82) is 0 Å². The van der Waals surface area contributed by atoms with Gasteiger partial charge in [-0.2, -0.15) is 5.10 Å². The van der Waals surface area contributed by atoms with Crippen LogP contribution in [0.25, 0.3) is 5.69 Å². The number of carbonyl (C=O) groups excluding carboxylic acids is 1. The van der Waals surface area contributed by atoms with Crippen molar-refractivity contribution < 1.29 is 4.79 Å². The number of hydrogen-bond donors (Lipinski definition) is 3. The number of hydrogen-bond acceptors (Lipinski definition) is 4. The molecule has 7 heteroatoms. The zero-order valence-corrected chi connectivity index (χ0v) is 15.3. The van der Waals surface area contributed by atoms with Gasteiger partial charge < -0.3 is 15.6 Å². The molecule has 7 nitrogen and oxygen atoms in total. The van der Waals surface area contributed by atoms with Gasteiger partial charge in [-0.3, -0.25) is 9.59 Å². The van der Waals surface area contributed by atoms with E-state index < -0.39 is 0 Å². The van der Waals surface area contributed by atoms with E-state index in [1.807, 2.05) is 44.2 Å². The highest BCUT2D eigenvalue weighted by Gasteiger charge is 2.22. The Morgan fingerprint density at radius 1 is 1.22 bits per heavy atom. The first-order valence-electron chi connectivity index (χ1n) is 8.97. The minimum Gasteiger partial charge on any atom is -0.371 e. The van der Waals surface area contributed by atoms with Gasteiger partial charge in [-0.15, -0.1) is 0 Å². The molecular formula is C20H21N5O2. The number of fused-ring (bicyclic) bond motifs is 1. The third-order valence-corrected chi connectivity index (χ3v) is 4.83. The molecule has 3 aromatic rings. The maximum absolute atomic E-state index is 13.0. The predicted octanol–water partition coefficient (Wildman–Crippen LogP) is 2.79. The SMILES string of the molecule is Cc1nn(-c2ccccc2)c(C)c1NC(=O)c1cc(=O)[nH]c2c1CCCN2. The van der Waals surface area contributed by atoms with Gasteiger partial charge in [-0.25, -0.2) is 4.68 Å². The standard InChI is InChI=1S/C20H21N5O2/c1-12-18(13(2)25(24-12)14-7-4-3-5-8-14)23-20(27)16-11-17(26)22-19-15(16)9-6-10-21-19/h3-5,7-8,11H,6,9-10H2,1-2H3,(H,23,27)(H2,21,22,26). The third kappa shape index (κ3) is 3.12. The summed E-state index contributed by atoms with van der Waals surface area (Å²) in [5.41, 5.74) is 4.13.